The molecule has 0 saturated heterocycles. The number of hydrogen-bond donors (Lipinski definition) is 1. The standard InChI is InChI=1S/C26H30N6O2/c1-5-26(2,3)32-24(28-29-30-32)23(31-13-12-17-8-6-7-9-19(17)16-31)21-14-18-10-11-20(34-4)15-22(18)27-25(21)33/h6-11,14-15,23H,5,12-13,16H2,1-4H3,(H,27,33)/t23-/m0/s1. The van der Waals surface area contributed by atoms with Crippen molar-refractivity contribution in [2.75, 3.05) is 13.7 Å². The largest absolute Gasteiger partial charge is 0.497 e. The molecule has 1 atom stereocenters. The zero-order valence-corrected chi connectivity index (χ0v) is 20.1. The number of benzene rings is 2. The van der Waals surface area contributed by atoms with Gasteiger partial charge in [-0.3, -0.25) is 9.69 Å². The van der Waals surface area contributed by atoms with Gasteiger partial charge in [0, 0.05) is 24.7 Å². The van der Waals surface area contributed by atoms with Gasteiger partial charge in [0.05, 0.1) is 18.2 Å². The molecule has 5 rings (SSSR count). The van der Waals surface area contributed by atoms with Gasteiger partial charge in [-0.2, -0.15) is 0 Å². The highest BCUT2D eigenvalue weighted by atomic mass is 16.5. The predicted octanol–water partition coefficient (Wildman–Crippen LogP) is 3.82. The molecule has 4 aromatic rings. The number of fused-ring (bicyclic) bond motifs is 2. The van der Waals surface area contributed by atoms with Crippen LogP contribution in [-0.2, 0) is 18.5 Å². The first-order valence-electron chi connectivity index (χ1n) is 11.7. The molecule has 1 aliphatic rings. The molecular formula is C26H30N6O2. The van der Waals surface area contributed by atoms with Crippen LogP contribution in [0.1, 0.15) is 55.7 Å². The zero-order chi connectivity index (χ0) is 23.9. The predicted molar refractivity (Wildman–Crippen MR) is 131 cm³/mol. The number of nitrogens with one attached hydrogen (secondary N) is 1. The number of aromatic amines is 1. The first kappa shape index (κ1) is 22.3. The molecule has 34 heavy (non-hydrogen) atoms. The normalized spacial score (nSPS) is 15.3. The van der Waals surface area contributed by atoms with Crippen LogP contribution < -0.4 is 10.3 Å². The van der Waals surface area contributed by atoms with Gasteiger partial charge < -0.3 is 9.72 Å². The van der Waals surface area contributed by atoms with Gasteiger partial charge in [0.1, 0.15) is 11.8 Å². The molecule has 8 nitrogen and oxygen atoms in total. The molecule has 8 heteroatoms. The maximum absolute atomic E-state index is 13.5. The minimum atomic E-state index is -0.385. The smallest absolute Gasteiger partial charge is 0.253 e. The molecule has 3 heterocycles. The van der Waals surface area contributed by atoms with Crippen LogP contribution in [0.15, 0.2) is 53.3 Å². The Balaban J connectivity index is 1.68. The Morgan fingerprint density at radius 2 is 1.94 bits per heavy atom. The molecule has 1 aliphatic heterocycles. The van der Waals surface area contributed by atoms with Crippen LogP contribution in [0.4, 0.5) is 0 Å². The summed E-state index contributed by atoms with van der Waals surface area (Å²) < 4.78 is 7.22. The minimum absolute atomic E-state index is 0.145. The molecule has 0 amide bonds. The summed E-state index contributed by atoms with van der Waals surface area (Å²) in [5, 5.41) is 13.8. The van der Waals surface area contributed by atoms with Crippen molar-refractivity contribution in [3.63, 3.8) is 0 Å². The van der Waals surface area contributed by atoms with Crippen molar-refractivity contribution < 1.29 is 4.74 Å². The number of methoxy groups -OCH3 is 1. The van der Waals surface area contributed by atoms with Gasteiger partial charge in [0.25, 0.3) is 5.56 Å². The number of hydrogen-bond acceptors (Lipinski definition) is 6. The summed E-state index contributed by atoms with van der Waals surface area (Å²) in [5.41, 5.74) is 3.57. The van der Waals surface area contributed by atoms with Crippen molar-refractivity contribution in [1.29, 1.82) is 0 Å². The maximum Gasteiger partial charge on any atom is 0.253 e. The number of aromatic nitrogens is 5. The molecule has 0 saturated carbocycles. The molecule has 0 aliphatic carbocycles. The van der Waals surface area contributed by atoms with E-state index < -0.39 is 0 Å². The fourth-order valence-corrected chi connectivity index (χ4v) is 4.71. The van der Waals surface area contributed by atoms with Crippen LogP contribution >= 0.6 is 0 Å². The van der Waals surface area contributed by atoms with Gasteiger partial charge in [0.15, 0.2) is 5.82 Å². The van der Waals surface area contributed by atoms with E-state index in [9.17, 15) is 4.79 Å². The van der Waals surface area contributed by atoms with Gasteiger partial charge in [-0.05, 0) is 71.8 Å². The lowest BCUT2D eigenvalue weighted by atomic mass is 9.95. The third kappa shape index (κ3) is 3.88. The quantitative estimate of drug-likeness (QED) is 0.473. The van der Waals surface area contributed by atoms with Crippen molar-refractivity contribution in [1.82, 2.24) is 30.1 Å². The molecule has 0 unspecified atom stereocenters. The summed E-state index contributed by atoms with van der Waals surface area (Å²) in [6, 6.07) is 15.8. The van der Waals surface area contributed by atoms with E-state index in [1.165, 1.54) is 11.1 Å². The van der Waals surface area contributed by atoms with E-state index in [4.69, 9.17) is 4.74 Å². The summed E-state index contributed by atoms with van der Waals surface area (Å²) in [6.45, 7) is 7.88. The number of ether oxygens (including phenoxy) is 1. The molecule has 0 fully saturated rings. The maximum atomic E-state index is 13.5. The molecule has 0 spiro atoms. The number of H-pyrrole nitrogens is 1. The Bertz CT molecular complexity index is 1390. The number of pyridine rings is 1. The SMILES string of the molecule is CCC(C)(C)n1nnnc1[C@H](c1cc2ccc(OC)cc2[nH]c1=O)N1CCc2ccccc2C1. The zero-order valence-electron chi connectivity index (χ0n) is 20.1. The van der Waals surface area contributed by atoms with Crippen LogP contribution in [0.2, 0.25) is 0 Å². The Labute approximate surface area is 198 Å². The number of rotatable bonds is 6. The van der Waals surface area contributed by atoms with Crippen LogP contribution in [-0.4, -0.2) is 43.7 Å². The average Bonchev–Trinajstić information content (AvgIpc) is 3.34. The summed E-state index contributed by atoms with van der Waals surface area (Å²) in [7, 11) is 1.62. The van der Waals surface area contributed by atoms with E-state index in [0.29, 0.717) is 17.1 Å². The first-order valence-corrected chi connectivity index (χ1v) is 11.7. The molecule has 2 aromatic carbocycles. The molecule has 176 valence electrons. The molecule has 0 radical (unpaired) electrons. The lowest BCUT2D eigenvalue weighted by Gasteiger charge is -2.36. The van der Waals surface area contributed by atoms with Crippen molar-refractivity contribution in [2.45, 2.75) is 51.7 Å². The summed E-state index contributed by atoms with van der Waals surface area (Å²) in [5.74, 6) is 1.39. The topological polar surface area (TPSA) is 88.9 Å². The van der Waals surface area contributed by atoms with Crippen molar-refractivity contribution in [3.8, 4) is 5.75 Å². The van der Waals surface area contributed by atoms with E-state index in [2.05, 4.69) is 70.4 Å². The van der Waals surface area contributed by atoms with Crippen molar-refractivity contribution in [2.24, 2.45) is 0 Å². The van der Waals surface area contributed by atoms with Crippen molar-refractivity contribution in [3.05, 3.63) is 81.4 Å². The number of tetrazole rings is 1. The van der Waals surface area contributed by atoms with Crippen LogP contribution in [0.5, 0.6) is 5.75 Å². The fourth-order valence-electron chi connectivity index (χ4n) is 4.71. The summed E-state index contributed by atoms with van der Waals surface area (Å²) in [4.78, 5) is 18.9. The molecule has 0 bridgehead atoms. The van der Waals surface area contributed by atoms with Crippen molar-refractivity contribution >= 4 is 10.9 Å². The monoisotopic (exact) mass is 458 g/mol. The van der Waals surface area contributed by atoms with E-state index in [1.807, 2.05) is 28.9 Å². The van der Waals surface area contributed by atoms with Crippen LogP contribution in [0.3, 0.4) is 0 Å². The average molecular weight is 459 g/mol. The lowest BCUT2D eigenvalue weighted by Crippen LogP contribution is -2.40. The summed E-state index contributed by atoms with van der Waals surface area (Å²) >= 11 is 0. The summed E-state index contributed by atoms with van der Waals surface area (Å²) in [6.07, 6.45) is 1.77. The van der Waals surface area contributed by atoms with E-state index in [0.717, 1.165) is 36.8 Å². The van der Waals surface area contributed by atoms with Gasteiger partial charge in [-0.25, -0.2) is 4.68 Å². The molecule has 2 aromatic heterocycles. The van der Waals surface area contributed by atoms with Gasteiger partial charge >= 0.3 is 0 Å². The van der Waals surface area contributed by atoms with E-state index >= 15 is 0 Å². The van der Waals surface area contributed by atoms with E-state index in [1.54, 1.807) is 7.11 Å². The molecular weight excluding hydrogens is 428 g/mol. The molecule has 1 N–H and O–H groups in total. The Morgan fingerprint density at radius 3 is 2.71 bits per heavy atom. The highest BCUT2D eigenvalue weighted by Crippen LogP contribution is 2.34. The minimum Gasteiger partial charge on any atom is -0.497 e. The van der Waals surface area contributed by atoms with Gasteiger partial charge in [0.2, 0.25) is 0 Å². The number of nitrogens with zero attached hydrogens (tertiary/aromatic N) is 5. The van der Waals surface area contributed by atoms with Crippen LogP contribution in [0.25, 0.3) is 10.9 Å². The highest BCUT2D eigenvalue weighted by Gasteiger charge is 2.35. The third-order valence-electron chi connectivity index (χ3n) is 7.08. The highest BCUT2D eigenvalue weighted by molar-refractivity contribution is 5.80. The third-order valence-corrected chi connectivity index (χ3v) is 7.08. The Morgan fingerprint density at radius 1 is 1.15 bits per heavy atom. The fraction of sp³-hybridized carbons (Fsp3) is 0.385. The van der Waals surface area contributed by atoms with Crippen LogP contribution in [0, 0.1) is 0 Å². The van der Waals surface area contributed by atoms with Gasteiger partial charge in [-0.1, -0.05) is 31.2 Å². The van der Waals surface area contributed by atoms with Gasteiger partial charge in [-0.15, -0.1) is 5.10 Å². The Hall–Kier alpha value is -3.52. The second-order valence-electron chi connectivity index (χ2n) is 9.51. The second kappa shape index (κ2) is 8.68. The lowest BCUT2D eigenvalue weighted by molar-refractivity contribution is 0.181. The first-order chi connectivity index (χ1) is 16.4. The second-order valence-corrected chi connectivity index (χ2v) is 9.51. The van der Waals surface area contributed by atoms with E-state index in [-0.39, 0.29) is 17.1 Å². The Kier molecular flexibility index (Phi) is 5.69.